The zero-order valence-electron chi connectivity index (χ0n) is 10.00. The van der Waals surface area contributed by atoms with Gasteiger partial charge in [0.05, 0.1) is 11.2 Å². The molecule has 15 heavy (non-hydrogen) atoms. The highest BCUT2D eigenvalue weighted by Gasteiger charge is 2.40. The van der Waals surface area contributed by atoms with Crippen molar-refractivity contribution >= 4 is 11.8 Å². The zero-order valence-corrected chi connectivity index (χ0v) is 10.8. The summed E-state index contributed by atoms with van der Waals surface area (Å²) in [6.07, 6.45) is 2.01. The van der Waals surface area contributed by atoms with E-state index in [0.717, 1.165) is 11.6 Å². The minimum atomic E-state index is -0.393. The molecule has 0 aliphatic carbocycles. The van der Waals surface area contributed by atoms with Crippen molar-refractivity contribution < 1.29 is 4.52 Å². The Morgan fingerprint density at radius 3 is 2.40 bits per heavy atom. The quantitative estimate of drug-likeness (QED) is 0.854. The fourth-order valence-electron chi connectivity index (χ4n) is 0.971. The molecule has 0 aliphatic rings. The van der Waals surface area contributed by atoms with Gasteiger partial charge in [-0.2, -0.15) is 16.7 Å². The first-order valence-electron chi connectivity index (χ1n) is 4.90. The van der Waals surface area contributed by atoms with Crippen molar-refractivity contribution in [2.45, 2.75) is 44.4 Å². The molecule has 1 aromatic heterocycles. The second-order valence-electron chi connectivity index (χ2n) is 4.80. The van der Waals surface area contributed by atoms with Crippen LogP contribution in [-0.4, -0.2) is 21.9 Å². The van der Waals surface area contributed by atoms with E-state index in [9.17, 15) is 0 Å². The first-order chi connectivity index (χ1) is 6.79. The summed E-state index contributed by atoms with van der Waals surface area (Å²) in [5.41, 5.74) is 5.38. The van der Waals surface area contributed by atoms with Gasteiger partial charge in [0.2, 0.25) is 5.89 Å². The minimum Gasteiger partial charge on any atom is -0.339 e. The summed E-state index contributed by atoms with van der Waals surface area (Å²) in [4.78, 5) is 4.36. The molecular weight excluding hydrogens is 210 g/mol. The van der Waals surface area contributed by atoms with Crippen LogP contribution in [0.25, 0.3) is 0 Å². The molecule has 0 amide bonds. The Morgan fingerprint density at radius 1 is 1.33 bits per heavy atom. The van der Waals surface area contributed by atoms with Gasteiger partial charge in [-0.15, -0.1) is 0 Å². The summed E-state index contributed by atoms with van der Waals surface area (Å²) in [6, 6.07) is 0. The standard InChI is InChI=1S/C10H19N3OS/c1-9(2,10(3,4)11)8-12-7(6-15-5)13-14-8/h6,11H2,1-5H3. The molecule has 1 aromatic rings. The van der Waals surface area contributed by atoms with Crippen LogP contribution >= 0.6 is 11.8 Å². The van der Waals surface area contributed by atoms with Crippen LogP contribution in [0.4, 0.5) is 0 Å². The second-order valence-corrected chi connectivity index (χ2v) is 5.66. The van der Waals surface area contributed by atoms with E-state index in [0.29, 0.717) is 5.89 Å². The fourth-order valence-corrected chi connectivity index (χ4v) is 1.35. The van der Waals surface area contributed by atoms with Gasteiger partial charge in [0.15, 0.2) is 5.82 Å². The van der Waals surface area contributed by atoms with Crippen LogP contribution in [0.2, 0.25) is 0 Å². The van der Waals surface area contributed by atoms with Gasteiger partial charge in [0.1, 0.15) is 0 Å². The van der Waals surface area contributed by atoms with Crippen LogP contribution in [0, 0.1) is 0 Å². The molecule has 0 bridgehead atoms. The summed E-state index contributed by atoms with van der Waals surface area (Å²) in [5, 5.41) is 3.92. The minimum absolute atomic E-state index is 0.323. The van der Waals surface area contributed by atoms with Crippen molar-refractivity contribution in [3.63, 3.8) is 0 Å². The average molecular weight is 229 g/mol. The zero-order chi connectivity index (χ0) is 11.7. The van der Waals surface area contributed by atoms with Gasteiger partial charge in [-0.05, 0) is 34.0 Å². The Balaban J connectivity index is 2.95. The normalized spacial score (nSPS) is 13.2. The van der Waals surface area contributed by atoms with E-state index in [1.165, 1.54) is 0 Å². The van der Waals surface area contributed by atoms with Gasteiger partial charge >= 0.3 is 0 Å². The Kier molecular flexibility index (Phi) is 3.45. The van der Waals surface area contributed by atoms with Gasteiger partial charge in [-0.3, -0.25) is 0 Å². The fraction of sp³-hybridized carbons (Fsp3) is 0.800. The first-order valence-corrected chi connectivity index (χ1v) is 6.29. The Morgan fingerprint density at radius 2 is 1.93 bits per heavy atom. The van der Waals surface area contributed by atoms with E-state index in [1.54, 1.807) is 11.8 Å². The highest BCUT2D eigenvalue weighted by molar-refractivity contribution is 7.97. The smallest absolute Gasteiger partial charge is 0.234 e. The van der Waals surface area contributed by atoms with Crippen molar-refractivity contribution in [1.82, 2.24) is 10.1 Å². The third kappa shape index (κ3) is 2.52. The van der Waals surface area contributed by atoms with E-state index in [-0.39, 0.29) is 5.41 Å². The summed E-state index contributed by atoms with van der Waals surface area (Å²) < 4.78 is 5.25. The lowest BCUT2D eigenvalue weighted by Gasteiger charge is -2.34. The number of nitrogens with zero attached hydrogens (tertiary/aromatic N) is 2. The van der Waals surface area contributed by atoms with E-state index in [4.69, 9.17) is 10.3 Å². The van der Waals surface area contributed by atoms with Crippen molar-refractivity contribution in [2.24, 2.45) is 5.73 Å². The summed E-state index contributed by atoms with van der Waals surface area (Å²) >= 11 is 1.67. The molecule has 0 atom stereocenters. The molecule has 0 radical (unpaired) electrons. The Labute approximate surface area is 95.0 Å². The molecule has 1 heterocycles. The van der Waals surface area contributed by atoms with E-state index in [2.05, 4.69) is 10.1 Å². The van der Waals surface area contributed by atoms with Gasteiger partial charge in [0.25, 0.3) is 0 Å². The van der Waals surface area contributed by atoms with Crippen LogP contribution in [0.5, 0.6) is 0 Å². The second kappa shape index (κ2) is 4.14. The van der Waals surface area contributed by atoms with Crippen molar-refractivity contribution in [1.29, 1.82) is 0 Å². The summed E-state index contributed by atoms with van der Waals surface area (Å²) in [5.74, 6) is 2.11. The summed E-state index contributed by atoms with van der Waals surface area (Å²) in [7, 11) is 0. The average Bonchev–Trinajstić information content (AvgIpc) is 2.51. The van der Waals surface area contributed by atoms with Gasteiger partial charge in [-0.1, -0.05) is 5.16 Å². The molecule has 0 spiro atoms. The summed E-state index contributed by atoms with van der Waals surface area (Å²) in [6.45, 7) is 7.96. The molecule has 1 rings (SSSR count). The molecule has 0 unspecified atom stereocenters. The maximum atomic E-state index is 6.10. The highest BCUT2D eigenvalue weighted by atomic mass is 32.2. The Hall–Kier alpha value is -0.550. The third-order valence-electron chi connectivity index (χ3n) is 2.89. The van der Waals surface area contributed by atoms with Crippen LogP contribution in [0.3, 0.4) is 0 Å². The number of nitrogens with two attached hydrogens (primary N) is 1. The van der Waals surface area contributed by atoms with Gasteiger partial charge in [-0.25, -0.2) is 0 Å². The lowest BCUT2D eigenvalue weighted by Crippen LogP contribution is -2.50. The number of rotatable bonds is 4. The number of hydrogen-bond acceptors (Lipinski definition) is 5. The third-order valence-corrected chi connectivity index (χ3v) is 3.43. The van der Waals surface area contributed by atoms with Crippen molar-refractivity contribution in [3.8, 4) is 0 Å². The molecule has 0 aromatic carbocycles. The molecule has 0 saturated carbocycles. The van der Waals surface area contributed by atoms with Gasteiger partial charge in [0, 0.05) is 5.54 Å². The van der Waals surface area contributed by atoms with E-state index < -0.39 is 5.54 Å². The molecule has 5 heteroatoms. The monoisotopic (exact) mass is 229 g/mol. The van der Waals surface area contributed by atoms with E-state index in [1.807, 2.05) is 34.0 Å². The number of aromatic nitrogens is 2. The van der Waals surface area contributed by atoms with Gasteiger partial charge < -0.3 is 10.3 Å². The molecule has 4 nitrogen and oxygen atoms in total. The molecular formula is C10H19N3OS. The first kappa shape index (κ1) is 12.5. The predicted molar refractivity (Wildman–Crippen MR) is 62.8 cm³/mol. The predicted octanol–water partition coefficient (Wildman–Crippen LogP) is 1.95. The largest absolute Gasteiger partial charge is 0.339 e. The topological polar surface area (TPSA) is 64.9 Å². The molecule has 86 valence electrons. The molecule has 2 N–H and O–H groups in total. The number of hydrogen-bond donors (Lipinski definition) is 1. The van der Waals surface area contributed by atoms with Crippen LogP contribution in [-0.2, 0) is 11.2 Å². The van der Waals surface area contributed by atoms with E-state index >= 15 is 0 Å². The number of thioether (sulfide) groups is 1. The van der Waals surface area contributed by atoms with Crippen LogP contribution in [0.15, 0.2) is 4.52 Å². The molecule has 0 fully saturated rings. The highest BCUT2D eigenvalue weighted by Crippen LogP contribution is 2.31. The van der Waals surface area contributed by atoms with Crippen molar-refractivity contribution in [2.75, 3.05) is 6.26 Å². The van der Waals surface area contributed by atoms with Crippen molar-refractivity contribution in [3.05, 3.63) is 11.7 Å². The SMILES string of the molecule is CSCc1noc(C(C)(C)C(C)(C)N)n1. The maximum Gasteiger partial charge on any atom is 0.234 e. The maximum absolute atomic E-state index is 6.10. The van der Waals surface area contributed by atoms with Crippen LogP contribution < -0.4 is 5.73 Å². The lowest BCUT2D eigenvalue weighted by atomic mass is 9.75. The van der Waals surface area contributed by atoms with Crippen LogP contribution in [0.1, 0.15) is 39.4 Å². The molecule has 0 aliphatic heterocycles. The Bertz CT molecular complexity index is 328. The molecule has 0 saturated heterocycles. The lowest BCUT2D eigenvalue weighted by molar-refractivity contribution is 0.222.